The second kappa shape index (κ2) is 7.71. The van der Waals surface area contributed by atoms with Crippen LogP contribution >= 0.6 is 0 Å². The highest BCUT2D eigenvalue weighted by Crippen LogP contribution is 2.09. The summed E-state index contributed by atoms with van der Waals surface area (Å²) in [7, 11) is 0. The van der Waals surface area contributed by atoms with E-state index < -0.39 is 0 Å². The van der Waals surface area contributed by atoms with Crippen LogP contribution in [-0.2, 0) is 11.2 Å². The molecule has 0 unspecified atom stereocenters. The van der Waals surface area contributed by atoms with E-state index in [1.54, 1.807) is 4.90 Å². The molecule has 0 bridgehead atoms. The first-order chi connectivity index (χ1) is 8.67. The predicted octanol–water partition coefficient (Wildman–Crippen LogP) is 1.43. The highest BCUT2D eigenvalue weighted by molar-refractivity contribution is 5.76. The van der Waals surface area contributed by atoms with Crippen molar-refractivity contribution in [1.29, 1.82) is 0 Å². The molecule has 1 rings (SSSR count). The highest BCUT2D eigenvalue weighted by atomic mass is 16.3. The molecule has 1 aromatic rings. The molecule has 0 saturated heterocycles. The molecule has 1 amide bonds. The second-order valence-electron chi connectivity index (χ2n) is 4.29. The fourth-order valence-electron chi connectivity index (χ4n) is 1.81. The van der Waals surface area contributed by atoms with Gasteiger partial charge in [-0.15, -0.1) is 0 Å². The van der Waals surface area contributed by atoms with E-state index >= 15 is 0 Å². The summed E-state index contributed by atoms with van der Waals surface area (Å²) >= 11 is 0. The zero-order valence-corrected chi connectivity index (χ0v) is 10.9. The maximum atomic E-state index is 11.9. The van der Waals surface area contributed by atoms with Gasteiger partial charge in [0.25, 0.3) is 0 Å². The molecule has 0 heterocycles. The van der Waals surface area contributed by atoms with Crippen LogP contribution in [-0.4, -0.2) is 35.6 Å². The third-order valence-corrected chi connectivity index (χ3v) is 2.93. The van der Waals surface area contributed by atoms with E-state index in [-0.39, 0.29) is 12.5 Å². The van der Waals surface area contributed by atoms with Gasteiger partial charge in [0.1, 0.15) is 0 Å². The Morgan fingerprint density at radius 2 is 2.00 bits per heavy atom. The van der Waals surface area contributed by atoms with Crippen LogP contribution in [0.3, 0.4) is 0 Å². The highest BCUT2D eigenvalue weighted by Gasteiger charge is 2.10. The van der Waals surface area contributed by atoms with Gasteiger partial charge in [0.2, 0.25) is 5.91 Å². The SMILES string of the molecule is CCN(CCCO)C(=O)CCc1ccc(N)cc1. The lowest BCUT2D eigenvalue weighted by Gasteiger charge is -2.20. The average Bonchev–Trinajstić information content (AvgIpc) is 2.39. The number of aliphatic hydroxyl groups excluding tert-OH is 1. The molecule has 0 aliphatic carbocycles. The van der Waals surface area contributed by atoms with Gasteiger partial charge >= 0.3 is 0 Å². The number of hydrogen-bond donors (Lipinski definition) is 2. The molecule has 0 aliphatic heterocycles. The lowest BCUT2D eigenvalue weighted by molar-refractivity contribution is -0.131. The van der Waals surface area contributed by atoms with Crippen molar-refractivity contribution < 1.29 is 9.90 Å². The number of anilines is 1. The minimum Gasteiger partial charge on any atom is -0.399 e. The zero-order valence-electron chi connectivity index (χ0n) is 10.9. The van der Waals surface area contributed by atoms with Gasteiger partial charge in [-0.3, -0.25) is 4.79 Å². The number of carbonyl (C=O) groups excluding carboxylic acids is 1. The molecule has 0 fully saturated rings. The average molecular weight is 250 g/mol. The van der Waals surface area contributed by atoms with E-state index in [0.29, 0.717) is 25.9 Å². The second-order valence-corrected chi connectivity index (χ2v) is 4.29. The molecular weight excluding hydrogens is 228 g/mol. The number of aryl methyl sites for hydroxylation is 1. The van der Waals surface area contributed by atoms with Gasteiger partial charge in [0.05, 0.1) is 0 Å². The number of nitrogens with zero attached hydrogens (tertiary/aromatic N) is 1. The van der Waals surface area contributed by atoms with E-state index in [1.165, 1.54) is 0 Å². The molecule has 18 heavy (non-hydrogen) atoms. The van der Waals surface area contributed by atoms with Crippen LogP contribution in [0.1, 0.15) is 25.3 Å². The van der Waals surface area contributed by atoms with Crippen LogP contribution in [0.2, 0.25) is 0 Å². The number of nitrogens with two attached hydrogens (primary N) is 1. The fraction of sp³-hybridized carbons (Fsp3) is 0.500. The monoisotopic (exact) mass is 250 g/mol. The molecule has 3 N–H and O–H groups in total. The maximum absolute atomic E-state index is 11.9. The summed E-state index contributed by atoms with van der Waals surface area (Å²) in [6, 6.07) is 7.60. The lowest BCUT2D eigenvalue weighted by Crippen LogP contribution is -2.32. The van der Waals surface area contributed by atoms with Crippen molar-refractivity contribution in [3.05, 3.63) is 29.8 Å². The smallest absolute Gasteiger partial charge is 0.222 e. The molecule has 100 valence electrons. The van der Waals surface area contributed by atoms with E-state index in [0.717, 1.165) is 17.7 Å². The van der Waals surface area contributed by atoms with Crippen LogP contribution in [0.4, 0.5) is 5.69 Å². The normalized spacial score (nSPS) is 10.3. The van der Waals surface area contributed by atoms with E-state index in [4.69, 9.17) is 10.8 Å². The standard InChI is InChI=1S/C14H22N2O2/c1-2-16(10-3-11-17)14(18)9-6-12-4-7-13(15)8-5-12/h4-5,7-8,17H,2-3,6,9-11,15H2,1H3. The summed E-state index contributed by atoms with van der Waals surface area (Å²) in [5.41, 5.74) is 7.47. The van der Waals surface area contributed by atoms with Crippen molar-refractivity contribution in [3.8, 4) is 0 Å². The Hall–Kier alpha value is -1.55. The van der Waals surface area contributed by atoms with Crippen LogP contribution < -0.4 is 5.73 Å². The molecule has 0 atom stereocenters. The summed E-state index contributed by atoms with van der Waals surface area (Å²) in [4.78, 5) is 13.7. The van der Waals surface area contributed by atoms with E-state index in [2.05, 4.69) is 0 Å². The van der Waals surface area contributed by atoms with Crippen molar-refractivity contribution >= 4 is 11.6 Å². The summed E-state index contributed by atoms with van der Waals surface area (Å²) in [6.45, 7) is 3.41. The number of benzene rings is 1. The number of rotatable bonds is 7. The van der Waals surface area contributed by atoms with Gasteiger partial charge in [0.15, 0.2) is 0 Å². The quantitative estimate of drug-likeness (QED) is 0.719. The molecule has 0 aromatic heterocycles. The first-order valence-electron chi connectivity index (χ1n) is 6.40. The molecule has 0 spiro atoms. The molecule has 4 nitrogen and oxygen atoms in total. The third kappa shape index (κ3) is 4.75. The minimum atomic E-state index is 0.127. The summed E-state index contributed by atoms with van der Waals surface area (Å²) < 4.78 is 0. The lowest BCUT2D eigenvalue weighted by atomic mass is 10.1. The molecular formula is C14H22N2O2. The Morgan fingerprint density at radius 3 is 2.56 bits per heavy atom. The van der Waals surface area contributed by atoms with Crippen LogP contribution in [0.15, 0.2) is 24.3 Å². The number of hydrogen-bond acceptors (Lipinski definition) is 3. The summed E-state index contributed by atoms with van der Waals surface area (Å²) in [5, 5.41) is 8.78. The van der Waals surface area contributed by atoms with Crippen molar-refractivity contribution in [3.63, 3.8) is 0 Å². The zero-order chi connectivity index (χ0) is 13.4. The number of amides is 1. The van der Waals surface area contributed by atoms with Crippen LogP contribution in [0.5, 0.6) is 0 Å². The Morgan fingerprint density at radius 1 is 1.33 bits per heavy atom. The Labute approximate surface area is 108 Å². The first-order valence-corrected chi connectivity index (χ1v) is 6.40. The van der Waals surface area contributed by atoms with Gasteiger partial charge in [0, 0.05) is 31.8 Å². The number of nitrogen functional groups attached to an aromatic ring is 1. The maximum Gasteiger partial charge on any atom is 0.222 e. The van der Waals surface area contributed by atoms with E-state index in [9.17, 15) is 4.79 Å². The van der Waals surface area contributed by atoms with Crippen molar-refractivity contribution in [2.24, 2.45) is 0 Å². The number of aliphatic hydroxyl groups is 1. The van der Waals surface area contributed by atoms with Gasteiger partial charge in [-0.05, 0) is 37.5 Å². The fourth-order valence-corrected chi connectivity index (χ4v) is 1.81. The Balaban J connectivity index is 2.41. The van der Waals surface area contributed by atoms with Gasteiger partial charge < -0.3 is 15.7 Å². The van der Waals surface area contributed by atoms with Crippen molar-refractivity contribution in [2.45, 2.75) is 26.2 Å². The predicted molar refractivity (Wildman–Crippen MR) is 73.1 cm³/mol. The van der Waals surface area contributed by atoms with E-state index in [1.807, 2.05) is 31.2 Å². The topological polar surface area (TPSA) is 66.6 Å². The number of carbonyl (C=O) groups is 1. The third-order valence-electron chi connectivity index (χ3n) is 2.93. The van der Waals surface area contributed by atoms with Crippen LogP contribution in [0, 0.1) is 0 Å². The minimum absolute atomic E-state index is 0.127. The van der Waals surface area contributed by atoms with Gasteiger partial charge in [-0.25, -0.2) is 0 Å². The van der Waals surface area contributed by atoms with Crippen molar-refractivity contribution in [1.82, 2.24) is 4.90 Å². The Kier molecular flexibility index (Phi) is 6.22. The van der Waals surface area contributed by atoms with Gasteiger partial charge in [-0.2, -0.15) is 0 Å². The summed E-state index contributed by atoms with van der Waals surface area (Å²) in [5.74, 6) is 0.141. The molecule has 1 aromatic carbocycles. The largest absolute Gasteiger partial charge is 0.399 e. The summed E-state index contributed by atoms with van der Waals surface area (Å²) in [6.07, 6.45) is 1.87. The molecule has 0 radical (unpaired) electrons. The molecule has 0 aliphatic rings. The first kappa shape index (κ1) is 14.5. The Bertz CT molecular complexity index is 363. The van der Waals surface area contributed by atoms with Crippen molar-refractivity contribution in [2.75, 3.05) is 25.4 Å². The molecule has 0 saturated carbocycles. The van der Waals surface area contributed by atoms with Gasteiger partial charge in [-0.1, -0.05) is 12.1 Å². The molecule has 4 heteroatoms. The van der Waals surface area contributed by atoms with Crippen LogP contribution in [0.25, 0.3) is 0 Å².